The van der Waals surface area contributed by atoms with E-state index in [9.17, 15) is 0 Å². The van der Waals surface area contributed by atoms with Crippen LogP contribution in [0.15, 0.2) is 69.7 Å². The Morgan fingerprint density at radius 3 is 2.62 bits per heavy atom. The topological polar surface area (TPSA) is 38.3 Å². The predicted molar refractivity (Wildman–Crippen MR) is 87.8 cm³/mol. The minimum absolute atomic E-state index is 0.551. The van der Waals surface area contributed by atoms with Crippen LogP contribution < -0.4 is 5.32 Å². The van der Waals surface area contributed by atoms with Gasteiger partial charge in [-0.3, -0.25) is 0 Å². The second kappa shape index (κ2) is 4.75. The van der Waals surface area contributed by atoms with Gasteiger partial charge in [0.05, 0.1) is 6.26 Å². The minimum atomic E-state index is 0.551. The molecule has 2 aromatic heterocycles. The molecule has 2 aromatic carbocycles. The number of thiocarbonyl (C=S) groups is 1. The van der Waals surface area contributed by atoms with Crippen molar-refractivity contribution >= 4 is 44.8 Å². The number of para-hydroxylation sites is 1. The van der Waals surface area contributed by atoms with E-state index in [2.05, 4.69) is 11.4 Å². The normalized spacial score (nSPS) is 11.0. The first-order chi connectivity index (χ1) is 10.3. The fraction of sp³-hybridized carbons (Fsp3) is 0. The average molecular weight is 293 g/mol. The van der Waals surface area contributed by atoms with Gasteiger partial charge < -0.3 is 14.2 Å². The third-order valence-electron chi connectivity index (χ3n) is 3.38. The van der Waals surface area contributed by atoms with Gasteiger partial charge in [-0.15, -0.1) is 0 Å². The highest BCUT2D eigenvalue weighted by atomic mass is 32.1. The summed E-state index contributed by atoms with van der Waals surface area (Å²) in [5.74, 6) is 0.648. The van der Waals surface area contributed by atoms with Crippen molar-refractivity contribution in [3.05, 3.63) is 66.6 Å². The summed E-state index contributed by atoms with van der Waals surface area (Å²) in [6.07, 6.45) is 1.60. The van der Waals surface area contributed by atoms with Gasteiger partial charge in [0.15, 0.2) is 5.76 Å². The van der Waals surface area contributed by atoms with Crippen LogP contribution in [0.3, 0.4) is 0 Å². The van der Waals surface area contributed by atoms with Crippen molar-refractivity contribution in [2.24, 2.45) is 0 Å². The van der Waals surface area contributed by atoms with Gasteiger partial charge >= 0.3 is 0 Å². The first-order valence-electron chi connectivity index (χ1n) is 6.57. The zero-order valence-corrected chi connectivity index (χ0v) is 11.8. The molecule has 0 radical (unpaired) electrons. The Bertz CT molecular complexity index is 938. The molecule has 2 heterocycles. The summed E-state index contributed by atoms with van der Waals surface area (Å²) in [6, 6.07) is 17.6. The second-order valence-corrected chi connectivity index (χ2v) is 5.15. The van der Waals surface area contributed by atoms with Crippen LogP contribution in [0.4, 0.5) is 5.69 Å². The molecule has 0 aliphatic rings. The molecule has 4 heteroatoms. The van der Waals surface area contributed by atoms with Crippen molar-refractivity contribution in [2.75, 3.05) is 5.32 Å². The molecule has 0 aliphatic carbocycles. The largest absolute Gasteiger partial charge is 0.462 e. The maximum absolute atomic E-state index is 5.86. The van der Waals surface area contributed by atoms with E-state index in [1.165, 1.54) is 0 Å². The molecule has 0 saturated heterocycles. The Balaban J connectivity index is 1.74. The molecule has 0 atom stereocenters. The second-order valence-electron chi connectivity index (χ2n) is 4.74. The lowest BCUT2D eigenvalue weighted by atomic mass is 10.1. The lowest BCUT2D eigenvalue weighted by molar-refractivity contribution is 0.559. The Morgan fingerprint density at radius 1 is 0.905 bits per heavy atom. The molecule has 21 heavy (non-hydrogen) atoms. The summed E-state index contributed by atoms with van der Waals surface area (Å²) in [4.78, 5) is 0.551. The zero-order chi connectivity index (χ0) is 14.2. The SMILES string of the molecule is S=C(Nc1ccc2c(c1)oc1ccccc12)c1ccco1. The Hall–Kier alpha value is -2.59. The molecule has 4 aromatic rings. The molecular formula is C17H11NO2S. The molecule has 3 nitrogen and oxygen atoms in total. The van der Waals surface area contributed by atoms with E-state index >= 15 is 0 Å². The van der Waals surface area contributed by atoms with Gasteiger partial charge in [-0.05, 0) is 30.3 Å². The quantitative estimate of drug-likeness (QED) is 0.530. The minimum Gasteiger partial charge on any atom is -0.462 e. The van der Waals surface area contributed by atoms with Crippen LogP contribution in [0.2, 0.25) is 0 Å². The van der Waals surface area contributed by atoms with Gasteiger partial charge in [0.2, 0.25) is 0 Å². The highest BCUT2D eigenvalue weighted by Gasteiger charge is 2.09. The fourth-order valence-corrected chi connectivity index (χ4v) is 2.64. The maximum atomic E-state index is 5.86. The van der Waals surface area contributed by atoms with Gasteiger partial charge in [-0.2, -0.15) is 0 Å². The third kappa shape index (κ3) is 2.10. The monoisotopic (exact) mass is 293 g/mol. The Labute approximate surface area is 126 Å². The number of furan rings is 2. The molecule has 0 unspecified atom stereocenters. The molecular weight excluding hydrogens is 282 g/mol. The van der Waals surface area contributed by atoms with Gasteiger partial charge in [-0.1, -0.05) is 30.4 Å². The molecule has 102 valence electrons. The van der Waals surface area contributed by atoms with Crippen LogP contribution in [0.5, 0.6) is 0 Å². The van der Waals surface area contributed by atoms with E-state index in [-0.39, 0.29) is 0 Å². The summed E-state index contributed by atoms with van der Waals surface area (Å²) in [5, 5.41) is 5.37. The van der Waals surface area contributed by atoms with Crippen LogP contribution in [0.25, 0.3) is 21.9 Å². The van der Waals surface area contributed by atoms with E-state index in [1.54, 1.807) is 6.26 Å². The summed E-state index contributed by atoms with van der Waals surface area (Å²) < 4.78 is 11.1. The number of hydrogen-bond donors (Lipinski definition) is 1. The van der Waals surface area contributed by atoms with Crippen molar-refractivity contribution < 1.29 is 8.83 Å². The summed E-state index contributed by atoms with van der Waals surface area (Å²) in [6.45, 7) is 0. The number of rotatable bonds is 2. The average Bonchev–Trinajstić information content (AvgIpc) is 3.14. The number of hydrogen-bond acceptors (Lipinski definition) is 3. The molecule has 0 bridgehead atoms. The molecule has 4 rings (SSSR count). The first kappa shape index (κ1) is 12.2. The van der Waals surface area contributed by atoms with Gasteiger partial charge in [0.1, 0.15) is 16.2 Å². The van der Waals surface area contributed by atoms with Crippen molar-refractivity contribution in [1.82, 2.24) is 0 Å². The third-order valence-corrected chi connectivity index (χ3v) is 3.68. The van der Waals surface area contributed by atoms with E-state index in [4.69, 9.17) is 21.1 Å². The number of fused-ring (bicyclic) bond motifs is 3. The van der Waals surface area contributed by atoms with Crippen molar-refractivity contribution in [3.8, 4) is 0 Å². The van der Waals surface area contributed by atoms with Gasteiger partial charge in [0, 0.05) is 22.5 Å². The predicted octanol–water partition coefficient (Wildman–Crippen LogP) is 4.97. The number of benzene rings is 2. The molecule has 0 aliphatic heterocycles. The fourth-order valence-electron chi connectivity index (χ4n) is 2.40. The molecule has 1 N–H and O–H groups in total. The molecule has 0 amide bonds. The van der Waals surface area contributed by atoms with Crippen molar-refractivity contribution in [1.29, 1.82) is 0 Å². The standard InChI is InChI=1S/C17H11NO2S/c21-17(15-6-3-9-19-15)18-11-7-8-13-12-4-1-2-5-14(12)20-16(13)10-11/h1-10H,(H,18,21). The number of nitrogens with one attached hydrogen (secondary N) is 1. The lowest BCUT2D eigenvalue weighted by Gasteiger charge is -2.05. The van der Waals surface area contributed by atoms with Crippen LogP contribution >= 0.6 is 12.2 Å². The first-order valence-corrected chi connectivity index (χ1v) is 6.98. The van der Waals surface area contributed by atoms with Gasteiger partial charge in [-0.25, -0.2) is 0 Å². The highest BCUT2D eigenvalue weighted by Crippen LogP contribution is 2.30. The molecule has 0 saturated carbocycles. The van der Waals surface area contributed by atoms with E-state index in [0.717, 1.165) is 27.6 Å². The smallest absolute Gasteiger partial charge is 0.161 e. The van der Waals surface area contributed by atoms with Gasteiger partial charge in [0.25, 0.3) is 0 Å². The van der Waals surface area contributed by atoms with Crippen LogP contribution in [0, 0.1) is 0 Å². The number of anilines is 1. The Morgan fingerprint density at radius 2 is 1.76 bits per heavy atom. The summed E-state index contributed by atoms with van der Waals surface area (Å²) in [5.41, 5.74) is 2.60. The van der Waals surface area contributed by atoms with E-state index in [1.807, 2.05) is 48.5 Å². The van der Waals surface area contributed by atoms with Crippen LogP contribution in [0.1, 0.15) is 5.76 Å². The van der Waals surface area contributed by atoms with Crippen molar-refractivity contribution in [2.45, 2.75) is 0 Å². The van der Waals surface area contributed by atoms with Crippen molar-refractivity contribution in [3.63, 3.8) is 0 Å². The summed E-state index contributed by atoms with van der Waals surface area (Å²) in [7, 11) is 0. The highest BCUT2D eigenvalue weighted by molar-refractivity contribution is 7.81. The Kier molecular flexibility index (Phi) is 2.75. The van der Waals surface area contributed by atoms with E-state index < -0.39 is 0 Å². The zero-order valence-electron chi connectivity index (χ0n) is 11.0. The molecule has 0 fully saturated rings. The lowest BCUT2D eigenvalue weighted by Crippen LogP contribution is -2.09. The molecule has 0 spiro atoms. The summed E-state index contributed by atoms with van der Waals surface area (Å²) >= 11 is 5.31. The van der Waals surface area contributed by atoms with Crippen LogP contribution in [-0.4, -0.2) is 4.99 Å². The van der Waals surface area contributed by atoms with E-state index in [0.29, 0.717) is 10.7 Å². The van der Waals surface area contributed by atoms with Crippen LogP contribution in [-0.2, 0) is 0 Å². The maximum Gasteiger partial charge on any atom is 0.161 e.